The number of nitrogens with one attached hydrogen (secondary N) is 1. The molecule has 1 saturated heterocycles. The van der Waals surface area contributed by atoms with Gasteiger partial charge in [0.05, 0.1) is 0 Å². The van der Waals surface area contributed by atoms with E-state index in [0.29, 0.717) is 24.9 Å². The second kappa shape index (κ2) is 7.93. The Kier molecular flexibility index (Phi) is 6.51. The van der Waals surface area contributed by atoms with Crippen LogP contribution in [0.4, 0.5) is 0 Å². The number of rotatable bonds is 6. The Labute approximate surface area is 130 Å². The summed E-state index contributed by atoms with van der Waals surface area (Å²) in [6, 6.07) is 0.164. The van der Waals surface area contributed by atoms with Crippen LogP contribution >= 0.6 is 0 Å². The van der Waals surface area contributed by atoms with Crippen molar-refractivity contribution in [3.63, 3.8) is 0 Å². The molecule has 2 unspecified atom stereocenters. The fourth-order valence-electron chi connectivity index (χ4n) is 3.63. The Bertz CT molecular complexity index is 401. The maximum atomic E-state index is 12.6. The Morgan fingerprint density at radius 1 is 1.05 bits per heavy atom. The van der Waals surface area contributed by atoms with Gasteiger partial charge in [-0.15, -0.1) is 0 Å². The third-order valence-corrected chi connectivity index (χ3v) is 6.62. The zero-order chi connectivity index (χ0) is 15.3. The first-order chi connectivity index (χ1) is 9.99. The first-order valence-corrected chi connectivity index (χ1v) is 10.2. The maximum Gasteiger partial charge on any atom is 0.279 e. The van der Waals surface area contributed by atoms with E-state index in [1.807, 2.05) is 0 Å². The van der Waals surface area contributed by atoms with Crippen LogP contribution in [0.5, 0.6) is 0 Å². The smallest absolute Gasteiger partial charge is 0.199 e. The molecule has 0 aromatic heterocycles. The number of hydrogen-bond donors (Lipinski definition) is 1. The Balaban J connectivity index is 1.91. The molecule has 2 fully saturated rings. The highest BCUT2D eigenvalue weighted by atomic mass is 32.2. The van der Waals surface area contributed by atoms with Gasteiger partial charge >= 0.3 is 0 Å². The molecule has 2 aliphatic rings. The third kappa shape index (κ3) is 5.22. The molecule has 2 rings (SSSR count). The SMILES string of the molecule is CC(C)CCC1CCCC1NS(=O)(=O)N1CCCCCC1. The highest BCUT2D eigenvalue weighted by Gasteiger charge is 2.33. The average Bonchev–Trinajstić information content (AvgIpc) is 2.67. The molecule has 2 atom stereocenters. The summed E-state index contributed by atoms with van der Waals surface area (Å²) >= 11 is 0. The van der Waals surface area contributed by atoms with Crippen LogP contribution in [0.3, 0.4) is 0 Å². The van der Waals surface area contributed by atoms with E-state index >= 15 is 0 Å². The molecule has 1 N–H and O–H groups in total. The lowest BCUT2D eigenvalue weighted by atomic mass is 9.94. The number of nitrogens with zero attached hydrogens (tertiary/aromatic N) is 1. The lowest BCUT2D eigenvalue weighted by molar-refractivity contribution is 0.361. The van der Waals surface area contributed by atoms with Gasteiger partial charge in [-0.3, -0.25) is 0 Å². The van der Waals surface area contributed by atoms with Crippen molar-refractivity contribution in [1.29, 1.82) is 0 Å². The van der Waals surface area contributed by atoms with E-state index in [1.165, 1.54) is 12.8 Å². The van der Waals surface area contributed by atoms with Gasteiger partial charge in [0, 0.05) is 19.1 Å². The van der Waals surface area contributed by atoms with Gasteiger partial charge in [0.1, 0.15) is 0 Å². The molecule has 124 valence electrons. The second-order valence-corrected chi connectivity index (χ2v) is 8.91. The monoisotopic (exact) mass is 316 g/mol. The van der Waals surface area contributed by atoms with E-state index in [4.69, 9.17) is 0 Å². The van der Waals surface area contributed by atoms with Crippen molar-refractivity contribution in [2.24, 2.45) is 11.8 Å². The minimum Gasteiger partial charge on any atom is -0.199 e. The molecule has 0 radical (unpaired) electrons. The van der Waals surface area contributed by atoms with Crippen LogP contribution in [0.25, 0.3) is 0 Å². The third-order valence-electron chi connectivity index (χ3n) is 4.98. The van der Waals surface area contributed by atoms with Crippen LogP contribution in [0.1, 0.15) is 71.6 Å². The fourth-order valence-corrected chi connectivity index (χ4v) is 5.21. The summed E-state index contributed by atoms with van der Waals surface area (Å²) < 4.78 is 29.9. The van der Waals surface area contributed by atoms with Gasteiger partial charge in [0.2, 0.25) is 0 Å². The van der Waals surface area contributed by atoms with Gasteiger partial charge < -0.3 is 0 Å². The standard InChI is InChI=1S/C16H32N2O2S/c1-14(2)10-11-15-8-7-9-16(15)17-21(19,20)18-12-5-3-4-6-13-18/h14-17H,3-13H2,1-2H3. The van der Waals surface area contributed by atoms with E-state index in [2.05, 4.69) is 18.6 Å². The van der Waals surface area contributed by atoms with Gasteiger partial charge in [-0.05, 0) is 43.9 Å². The summed E-state index contributed by atoms with van der Waals surface area (Å²) in [5.74, 6) is 1.24. The number of hydrogen-bond acceptors (Lipinski definition) is 2. The van der Waals surface area contributed by atoms with Crippen LogP contribution in [0, 0.1) is 11.8 Å². The molecule has 0 bridgehead atoms. The minimum absolute atomic E-state index is 0.164. The first kappa shape index (κ1) is 17.2. The maximum absolute atomic E-state index is 12.6. The molecule has 1 heterocycles. The van der Waals surface area contributed by atoms with Crippen LogP contribution in [-0.4, -0.2) is 31.9 Å². The summed E-state index contributed by atoms with van der Waals surface area (Å²) in [6.07, 6.45) is 10.0. The second-order valence-electron chi connectivity index (χ2n) is 7.20. The van der Waals surface area contributed by atoms with E-state index in [1.54, 1.807) is 4.31 Å². The van der Waals surface area contributed by atoms with E-state index in [9.17, 15) is 8.42 Å². The van der Waals surface area contributed by atoms with E-state index in [-0.39, 0.29) is 6.04 Å². The summed E-state index contributed by atoms with van der Waals surface area (Å²) in [6.45, 7) is 5.87. The van der Waals surface area contributed by atoms with Crippen molar-refractivity contribution >= 4 is 10.2 Å². The Morgan fingerprint density at radius 3 is 2.33 bits per heavy atom. The molecule has 1 aliphatic heterocycles. The lowest BCUT2D eigenvalue weighted by Crippen LogP contribution is -2.46. The predicted molar refractivity (Wildman–Crippen MR) is 87.3 cm³/mol. The molecule has 0 aromatic rings. The molecular formula is C16H32N2O2S. The molecule has 0 amide bonds. The summed E-state index contributed by atoms with van der Waals surface area (Å²) in [4.78, 5) is 0. The average molecular weight is 317 g/mol. The molecule has 0 spiro atoms. The van der Waals surface area contributed by atoms with Crippen molar-refractivity contribution in [1.82, 2.24) is 9.03 Å². The zero-order valence-electron chi connectivity index (χ0n) is 13.7. The van der Waals surface area contributed by atoms with Crippen LogP contribution in [0.2, 0.25) is 0 Å². The first-order valence-electron chi connectivity index (χ1n) is 8.76. The minimum atomic E-state index is -3.28. The zero-order valence-corrected chi connectivity index (χ0v) is 14.5. The molecule has 21 heavy (non-hydrogen) atoms. The highest BCUT2D eigenvalue weighted by molar-refractivity contribution is 7.87. The van der Waals surface area contributed by atoms with E-state index < -0.39 is 10.2 Å². The molecular weight excluding hydrogens is 284 g/mol. The van der Waals surface area contributed by atoms with Crippen LogP contribution < -0.4 is 4.72 Å². The van der Waals surface area contributed by atoms with E-state index in [0.717, 1.165) is 44.9 Å². The summed E-state index contributed by atoms with van der Waals surface area (Å²) in [7, 11) is -3.28. The van der Waals surface area contributed by atoms with Gasteiger partial charge in [-0.25, -0.2) is 0 Å². The van der Waals surface area contributed by atoms with Crippen LogP contribution in [0.15, 0.2) is 0 Å². The van der Waals surface area contributed by atoms with Crippen molar-refractivity contribution < 1.29 is 8.42 Å². The molecule has 1 aliphatic carbocycles. The molecule has 1 saturated carbocycles. The van der Waals surface area contributed by atoms with Gasteiger partial charge in [-0.2, -0.15) is 17.4 Å². The predicted octanol–water partition coefficient (Wildman–Crippen LogP) is 3.30. The van der Waals surface area contributed by atoms with Gasteiger partial charge in [0.15, 0.2) is 0 Å². The van der Waals surface area contributed by atoms with Crippen molar-refractivity contribution in [3.8, 4) is 0 Å². The van der Waals surface area contributed by atoms with Crippen LogP contribution in [-0.2, 0) is 10.2 Å². The molecule has 0 aromatic carbocycles. The van der Waals surface area contributed by atoms with Crippen molar-refractivity contribution in [2.75, 3.05) is 13.1 Å². The van der Waals surface area contributed by atoms with Crippen molar-refractivity contribution in [3.05, 3.63) is 0 Å². The van der Waals surface area contributed by atoms with Gasteiger partial charge in [0.25, 0.3) is 10.2 Å². The lowest BCUT2D eigenvalue weighted by Gasteiger charge is -2.26. The molecule has 4 nitrogen and oxygen atoms in total. The molecule has 5 heteroatoms. The quantitative estimate of drug-likeness (QED) is 0.817. The summed E-state index contributed by atoms with van der Waals surface area (Å²) in [5, 5.41) is 0. The summed E-state index contributed by atoms with van der Waals surface area (Å²) in [5.41, 5.74) is 0. The fraction of sp³-hybridized carbons (Fsp3) is 1.00. The normalized spacial score (nSPS) is 28.9. The Morgan fingerprint density at radius 2 is 1.71 bits per heavy atom. The Hall–Kier alpha value is -0.130. The topological polar surface area (TPSA) is 49.4 Å². The van der Waals surface area contributed by atoms with Gasteiger partial charge in [-0.1, -0.05) is 39.5 Å². The van der Waals surface area contributed by atoms with Crippen molar-refractivity contribution in [2.45, 2.75) is 77.7 Å². The highest BCUT2D eigenvalue weighted by Crippen LogP contribution is 2.31. The largest absolute Gasteiger partial charge is 0.279 e.